The van der Waals surface area contributed by atoms with Gasteiger partial charge in [-0.3, -0.25) is 9.63 Å². The van der Waals surface area contributed by atoms with E-state index in [0.29, 0.717) is 17.7 Å². The number of hydrogen-bond donors (Lipinski definition) is 4. The number of ether oxygens (including phenoxy) is 1. The van der Waals surface area contributed by atoms with Crippen molar-refractivity contribution in [2.75, 3.05) is 19.9 Å². The Balaban J connectivity index is 1.45. The van der Waals surface area contributed by atoms with Crippen molar-refractivity contribution in [2.45, 2.75) is 31.7 Å². The molecule has 3 atom stereocenters. The SMILES string of the molecule is Cc1cc2c(cc1Cc1ccc(-n3nccn3)cc1)C(=O)N(OC[C@H](O)[C@@H](O)C(O)CO)CO2. The van der Waals surface area contributed by atoms with E-state index in [0.717, 1.165) is 27.4 Å². The van der Waals surface area contributed by atoms with Crippen molar-refractivity contribution >= 4 is 5.91 Å². The van der Waals surface area contributed by atoms with Crippen LogP contribution >= 0.6 is 0 Å². The summed E-state index contributed by atoms with van der Waals surface area (Å²) in [7, 11) is 0. The molecule has 0 spiro atoms. The number of amides is 1. The lowest BCUT2D eigenvalue weighted by atomic mass is 9.97. The molecule has 1 aromatic heterocycles. The number of carbonyl (C=O) groups excluding carboxylic acids is 1. The molecule has 2 heterocycles. The number of fused-ring (bicyclic) bond motifs is 1. The minimum atomic E-state index is -1.62. The van der Waals surface area contributed by atoms with Crippen LogP contribution in [0.4, 0.5) is 0 Å². The van der Waals surface area contributed by atoms with Gasteiger partial charge in [0.1, 0.15) is 30.7 Å². The Morgan fingerprint density at radius 3 is 2.47 bits per heavy atom. The first-order valence-corrected chi connectivity index (χ1v) is 10.7. The van der Waals surface area contributed by atoms with Crippen molar-refractivity contribution in [2.24, 2.45) is 0 Å². The molecule has 0 bridgehead atoms. The summed E-state index contributed by atoms with van der Waals surface area (Å²) in [6.45, 7) is 0.554. The van der Waals surface area contributed by atoms with Crippen molar-refractivity contribution in [3.63, 3.8) is 0 Å². The molecule has 1 aliphatic rings. The van der Waals surface area contributed by atoms with Crippen LogP contribution in [0.15, 0.2) is 48.8 Å². The number of aryl methyl sites for hydroxylation is 1. The third-order valence-corrected chi connectivity index (χ3v) is 5.59. The fourth-order valence-corrected chi connectivity index (χ4v) is 3.57. The molecule has 3 aromatic rings. The van der Waals surface area contributed by atoms with Gasteiger partial charge in [0.15, 0.2) is 6.73 Å². The number of aliphatic hydroxyl groups excluding tert-OH is 4. The highest BCUT2D eigenvalue weighted by molar-refractivity contribution is 5.97. The summed E-state index contributed by atoms with van der Waals surface area (Å²) in [5.41, 5.74) is 4.09. The highest BCUT2D eigenvalue weighted by Gasteiger charge is 2.30. The molecule has 1 unspecified atom stereocenters. The molecule has 180 valence electrons. The Hall–Kier alpha value is -3.35. The van der Waals surface area contributed by atoms with Gasteiger partial charge < -0.3 is 25.2 Å². The maximum absolute atomic E-state index is 13.0. The average molecular weight is 470 g/mol. The molecule has 0 saturated carbocycles. The summed E-state index contributed by atoms with van der Waals surface area (Å²) in [6.07, 6.45) is -0.852. The third kappa shape index (κ3) is 5.08. The predicted octanol–water partition coefficient (Wildman–Crippen LogP) is -0.0348. The lowest BCUT2D eigenvalue weighted by Crippen LogP contribution is -2.45. The van der Waals surface area contributed by atoms with Gasteiger partial charge in [0.2, 0.25) is 0 Å². The first-order chi connectivity index (χ1) is 16.4. The zero-order chi connectivity index (χ0) is 24.2. The van der Waals surface area contributed by atoms with E-state index in [9.17, 15) is 20.1 Å². The number of benzene rings is 2. The molecule has 1 amide bonds. The summed E-state index contributed by atoms with van der Waals surface area (Å²) in [5.74, 6) is -0.0190. The van der Waals surface area contributed by atoms with Gasteiger partial charge in [-0.1, -0.05) is 12.1 Å². The van der Waals surface area contributed by atoms with E-state index in [-0.39, 0.29) is 6.73 Å². The number of rotatable bonds is 9. The Bertz CT molecular complexity index is 1120. The molecule has 4 rings (SSSR count). The number of carbonyl (C=O) groups is 1. The monoisotopic (exact) mass is 470 g/mol. The lowest BCUT2D eigenvalue weighted by molar-refractivity contribution is -0.193. The number of hydroxylamine groups is 2. The molecule has 4 N–H and O–H groups in total. The van der Waals surface area contributed by atoms with Gasteiger partial charge in [-0.15, -0.1) is 0 Å². The largest absolute Gasteiger partial charge is 0.470 e. The van der Waals surface area contributed by atoms with E-state index in [1.165, 1.54) is 4.80 Å². The molecule has 1 aliphatic heterocycles. The first-order valence-electron chi connectivity index (χ1n) is 10.7. The number of hydrogen-bond acceptors (Lipinski definition) is 9. The maximum atomic E-state index is 13.0. The van der Waals surface area contributed by atoms with Crippen LogP contribution in [0.25, 0.3) is 5.69 Å². The number of aliphatic hydroxyl groups is 4. The molecule has 2 aromatic carbocycles. The van der Waals surface area contributed by atoms with Gasteiger partial charge in [-0.2, -0.15) is 20.1 Å². The van der Waals surface area contributed by atoms with Crippen LogP contribution in [-0.2, 0) is 11.3 Å². The Morgan fingerprint density at radius 1 is 1.09 bits per heavy atom. The summed E-state index contributed by atoms with van der Waals surface area (Å²) in [6, 6.07) is 11.3. The second-order valence-electron chi connectivity index (χ2n) is 8.00. The predicted molar refractivity (Wildman–Crippen MR) is 118 cm³/mol. The molecule has 0 radical (unpaired) electrons. The lowest BCUT2D eigenvalue weighted by Gasteiger charge is -2.30. The van der Waals surface area contributed by atoms with Crippen LogP contribution in [0, 0.1) is 6.92 Å². The second kappa shape index (κ2) is 10.3. The van der Waals surface area contributed by atoms with Crippen molar-refractivity contribution in [3.05, 3.63) is 71.0 Å². The topological polar surface area (TPSA) is 150 Å². The molecule has 11 heteroatoms. The van der Waals surface area contributed by atoms with Crippen LogP contribution in [0.5, 0.6) is 5.75 Å². The number of nitrogens with zero attached hydrogens (tertiary/aromatic N) is 4. The van der Waals surface area contributed by atoms with Gasteiger partial charge in [0.25, 0.3) is 5.91 Å². The van der Waals surface area contributed by atoms with Crippen molar-refractivity contribution in [1.82, 2.24) is 20.1 Å². The van der Waals surface area contributed by atoms with Crippen LogP contribution in [0.3, 0.4) is 0 Å². The van der Waals surface area contributed by atoms with Gasteiger partial charge in [-0.05, 0) is 54.3 Å². The minimum absolute atomic E-state index is 0.196. The van der Waals surface area contributed by atoms with Crippen LogP contribution < -0.4 is 4.74 Å². The molecule has 11 nitrogen and oxygen atoms in total. The van der Waals surface area contributed by atoms with E-state index in [1.807, 2.05) is 31.2 Å². The fraction of sp³-hybridized carbons (Fsp3) is 0.348. The van der Waals surface area contributed by atoms with Gasteiger partial charge in [0.05, 0.1) is 30.3 Å². The quantitative estimate of drug-likeness (QED) is 0.338. The van der Waals surface area contributed by atoms with Gasteiger partial charge in [0, 0.05) is 0 Å². The molecule has 0 saturated heterocycles. The van der Waals surface area contributed by atoms with E-state index >= 15 is 0 Å². The van der Waals surface area contributed by atoms with Gasteiger partial charge >= 0.3 is 0 Å². The Morgan fingerprint density at radius 2 is 1.79 bits per heavy atom. The van der Waals surface area contributed by atoms with E-state index < -0.39 is 37.4 Å². The normalized spacial score (nSPS) is 16.0. The van der Waals surface area contributed by atoms with Crippen LogP contribution in [-0.4, -0.2) is 84.6 Å². The van der Waals surface area contributed by atoms with Crippen LogP contribution in [0.2, 0.25) is 0 Å². The smallest absolute Gasteiger partial charge is 0.284 e. The fourth-order valence-electron chi connectivity index (χ4n) is 3.57. The summed E-state index contributed by atoms with van der Waals surface area (Å²) in [5, 5.41) is 47.1. The maximum Gasteiger partial charge on any atom is 0.284 e. The summed E-state index contributed by atoms with van der Waals surface area (Å²) in [4.78, 5) is 19.8. The van der Waals surface area contributed by atoms with Crippen molar-refractivity contribution < 1.29 is 34.8 Å². The molecular formula is C23H26N4O7. The standard InChI is InChI=1S/C23H26N4O7/c1-14-8-21-18(23(32)26(13-33-21)34-12-20(30)22(31)19(29)11-28)10-16(14)9-15-2-4-17(5-3-15)27-24-6-7-25-27/h2-8,10,19-20,22,28-31H,9,11-13H2,1H3/t19?,20-,22-/m0/s1. The Labute approximate surface area is 195 Å². The second-order valence-corrected chi connectivity index (χ2v) is 8.00. The summed E-state index contributed by atoms with van der Waals surface area (Å²) < 4.78 is 5.64. The van der Waals surface area contributed by atoms with E-state index in [1.54, 1.807) is 24.5 Å². The molecule has 0 aliphatic carbocycles. The molecular weight excluding hydrogens is 444 g/mol. The Kier molecular flexibility index (Phi) is 7.20. The van der Waals surface area contributed by atoms with Crippen molar-refractivity contribution in [3.8, 4) is 11.4 Å². The van der Waals surface area contributed by atoms with Crippen LogP contribution in [0.1, 0.15) is 27.0 Å². The average Bonchev–Trinajstić information content (AvgIpc) is 3.39. The van der Waals surface area contributed by atoms with Crippen molar-refractivity contribution in [1.29, 1.82) is 0 Å². The first kappa shape index (κ1) is 23.8. The minimum Gasteiger partial charge on any atom is -0.470 e. The highest BCUT2D eigenvalue weighted by atomic mass is 16.7. The third-order valence-electron chi connectivity index (χ3n) is 5.59. The zero-order valence-corrected chi connectivity index (χ0v) is 18.5. The molecule has 0 fully saturated rings. The summed E-state index contributed by atoms with van der Waals surface area (Å²) >= 11 is 0. The molecule has 34 heavy (non-hydrogen) atoms. The number of aromatic nitrogens is 3. The van der Waals surface area contributed by atoms with E-state index in [2.05, 4.69) is 10.2 Å². The highest BCUT2D eigenvalue weighted by Crippen LogP contribution is 2.30. The van der Waals surface area contributed by atoms with E-state index in [4.69, 9.17) is 14.7 Å². The zero-order valence-electron chi connectivity index (χ0n) is 18.5. The van der Waals surface area contributed by atoms with Gasteiger partial charge in [-0.25, -0.2) is 0 Å².